The van der Waals surface area contributed by atoms with Crippen LogP contribution in [-0.2, 0) is 15.9 Å². The standard InChI is InChI=1S/C13H21FN2O2/c1-3-17-13(18-4-2)12(16-15)9-10-6-5-7-11(14)8-10/h5-8,12-13,16H,3-4,9,15H2,1-2H3. The number of hydrogen-bond acceptors (Lipinski definition) is 4. The van der Waals surface area contributed by atoms with E-state index in [2.05, 4.69) is 5.43 Å². The summed E-state index contributed by atoms with van der Waals surface area (Å²) in [5.41, 5.74) is 3.52. The minimum atomic E-state index is -0.437. The normalized spacial score (nSPS) is 12.9. The van der Waals surface area contributed by atoms with Crippen molar-refractivity contribution in [1.82, 2.24) is 5.43 Å². The number of hydrazine groups is 1. The molecule has 0 aromatic heterocycles. The van der Waals surface area contributed by atoms with Gasteiger partial charge in [0.25, 0.3) is 0 Å². The second-order valence-corrected chi connectivity index (χ2v) is 3.89. The van der Waals surface area contributed by atoms with Crippen molar-refractivity contribution >= 4 is 0 Å². The third kappa shape index (κ3) is 4.70. The zero-order valence-corrected chi connectivity index (χ0v) is 10.9. The first kappa shape index (κ1) is 15.0. The van der Waals surface area contributed by atoms with E-state index in [0.29, 0.717) is 19.6 Å². The fourth-order valence-corrected chi connectivity index (χ4v) is 1.76. The molecular formula is C13H21FN2O2. The summed E-state index contributed by atoms with van der Waals surface area (Å²) in [5, 5.41) is 0. The van der Waals surface area contributed by atoms with Gasteiger partial charge in [0.05, 0.1) is 6.04 Å². The van der Waals surface area contributed by atoms with E-state index in [1.165, 1.54) is 12.1 Å². The predicted octanol–water partition coefficient (Wildman–Crippen LogP) is 1.60. The lowest BCUT2D eigenvalue weighted by Crippen LogP contribution is -2.48. The van der Waals surface area contributed by atoms with Crippen LogP contribution in [-0.4, -0.2) is 25.5 Å². The predicted molar refractivity (Wildman–Crippen MR) is 68.3 cm³/mol. The summed E-state index contributed by atoms with van der Waals surface area (Å²) in [6.07, 6.45) is 0.104. The van der Waals surface area contributed by atoms with E-state index in [1.54, 1.807) is 6.07 Å². The molecule has 1 rings (SSSR count). The molecular weight excluding hydrogens is 235 g/mol. The number of nitrogens with two attached hydrogens (primary N) is 1. The SMILES string of the molecule is CCOC(OCC)C(Cc1cccc(F)c1)NN. The number of nitrogens with one attached hydrogen (secondary N) is 1. The molecule has 1 unspecified atom stereocenters. The summed E-state index contributed by atoms with van der Waals surface area (Å²) in [5.74, 6) is 5.26. The van der Waals surface area contributed by atoms with Crippen molar-refractivity contribution in [1.29, 1.82) is 0 Å². The maximum absolute atomic E-state index is 13.1. The number of halogens is 1. The number of hydrogen-bond donors (Lipinski definition) is 2. The van der Waals surface area contributed by atoms with Gasteiger partial charge in [-0.25, -0.2) is 4.39 Å². The van der Waals surface area contributed by atoms with Crippen LogP contribution in [0.4, 0.5) is 4.39 Å². The van der Waals surface area contributed by atoms with Gasteiger partial charge in [-0.2, -0.15) is 0 Å². The van der Waals surface area contributed by atoms with Crippen molar-refractivity contribution < 1.29 is 13.9 Å². The fourth-order valence-electron chi connectivity index (χ4n) is 1.76. The Bertz CT molecular complexity index is 344. The first-order valence-corrected chi connectivity index (χ1v) is 6.15. The smallest absolute Gasteiger partial charge is 0.174 e. The van der Waals surface area contributed by atoms with Gasteiger partial charge in [0.1, 0.15) is 5.82 Å². The van der Waals surface area contributed by atoms with E-state index >= 15 is 0 Å². The quantitative estimate of drug-likeness (QED) is 0.421. The first-order valence-electron chi connectivity index (χ1n) is 6.15. The number of rotatable bonds is 8. The summed E-state index contributed by atoms with van der Waals surface area (Å²) in [4.78, 5) is 0. The largest absolute Gasteiger partial charge is 0.351 e. The molecule has 3 N–H and O–H groups in total. The zero-order chi connectivity index (χ0) is 13.4. The van der Waals surface area contributed by atoms with Crippen molar-refractivity contribution in [3.63, 3.8) is 0 Å². The lowest BCUT2D eigenvalue weighted by molar-refractivity contribution is -0.153. The van der Waals surface area contributed by atoms with Crippen LogP contribution in [0.2, 0.25) is 0 Å². The molecule has 0 spiro atoms. The van der Waals surface area contributed by atoms with Crippen LogP contribution in [0, 0.1) is 5.82 Å². The summed E-state index contributed by atoms with van der Waals surface area (Å²) in [6.45, 7) is 4.85. The lowest BCUT2D eigenvalue weighted by Gasteiger charge is -2.26. The van der Waals surface area contributed by atoms with Gasteiger partial charge in [-0.1, -0.05) is 12.1 Å². The molecule has 0 saturated heterocycles. The summed E-state index contributed by atoms with van der Waals surface area (Å²) in [7, 11) is 0. The first-order chi connectivity index (χ1) is 8.71. The molecule has 0 bridgehead atoms. The summed E-state index contributed by atoms with van der Waals surface area (Å²) < 4.78 is 24.1. The van der Waals surface area contributed by atoms with Crippen molar-refractivity contribution in [2.75, 3.05) is 13.2 Å². The molecule has 1 aromatic carbocycles. The van der Waals surface area contributed by atoms with Crippen molar-refractivity contribution in [2.24, 2.45) is 5.84 Å². The average molecular weight is 256 g/mol. The molecule has 5 heteroatoms. The third-order valence-corrected chi connectivity index (χ3v) is 2.55. The molecule has 1 aromatic rings. The molecule has 0 aliphatic carbocycles. The minimum absolute atomic E-state index is 0.216. The second kappa shape index (κ2) is 8.16. The average Bonchev–Trinajstić information content (AvgIpc) is 2.36. The Balaban J connectivity index is 2.69. The van der Waals surface area contributed by atoms with Gasteiger partial charge in [0.2, 0.25) is 0 Å². The highest BCUT2D eigenvalue weighted by atomic mass is 19.1. The summed E-state index contributed by atoms with van der Waals surface area (Å²) in [6, 6.07) is 6.21. The molecule has 4 nitrogen and oxygen atoms in total. The van der Waals surface area contributed by atoms with Gasteiger partial charge in [0.15, 0.2) is 6.29 Å². The molecule has 102 valence electrons. The highest BCUT2D eigenvalue weighted by Gasteiger charge is 2.21. The van der Waals surface area contributed by atoms with Gasteiger partial charge < -0.3 is 9.47 Å². The fraction of sp³-hybridized carbons (Fsp3) is 0.538. The molecule has 0 aliphatic rings. The molecule has 0 radical (unpaired) electrons. The van der Waals surface area contributed by atoms with E-state index in [1.807, 2.05) is 19.9 Å². The Morgan fingerprint density at radius 1 is 1.28 bits per heavy atom. The van der Waals surface area contributed by atoms with Crippen LogP contribution in [0.1, 0.15) is 19.4 Å². The van der Waals surface area contributed by atoms with Crippen molar-refractivity contribution in [2.45, 2.75) is 32.6 Å². The molecule has 1 atom stereocenters. The van der Waals surface area contributed by atoms with E-state index in [0.717, 1.165) is 5.56 Å². The Labute approximate surface area is 107 Å². The van der Waals surface area contributed by atoms with Crippen LogP contribution in [0.15, 0.2) is 24.3 Å². The van der Waals surface area contributed by atoms with Crippen LogP contribution < -0.4 is 11.3 Å². The Morgan fingerprint density at radius 3 is 2.44 bits per heavy atom. The third-order valence-electron chi connectivity index (χ3n) is 2.55. The topological polar surface area (TPSA) is 56.5 Å². The van der Waals surface area contributed by atoms with Crippen LogP contribution in [0.3, 0.4) is 0 Å². The highest BCUT2D eigenvalue weighted by Crippen LogP contribution is 2.11. The van der Waals surface area contributed by atoms with Crippen LogP contribution in [0.5, 0.6) is 0 Å². The van der Waals surface area contributed by atoms with Gasteiger partial charge in [0, 0.05) is 13.2 Å². The molecule has 0 amide bonds. The maximum atomic E-state index is 13.1. The Hall–Kier alpha value is -1.01. The van der Waals surface area contributed by atoms with Crippen LogP contribution in [0.25, 0.3) is 0 Å². The van der Waals surface area contributed by atoms with Gasteiger partial charge in [-0.05, 0) is 38.0 Å². The molecule has 0 aliphatic heterocycles. The Morgan fingerprint density at radius 2 is 1.94 bits per heavy atom. The number of benzene rings is 1. The summed E-state index contributed by atoms with van der Waals surface area (Å²) >= 11 is 0. The van der Waals surface area contributed by atoms with E-state index in [4.69, 9.17) is 15.3 Å². The van der Waals surface area contributed by atoms with Gasteiger partial charge in [-0.15, -0.1) is 0 Å². The second-order valence-electron chi connectivity index (χ2n) is 3.89. The van der Waals surface area contributed by atoms with Crippen molar-refractivity contribution in [3.05, 3.63) is 35.6 Å². The van der Waals surface area contributed by atoms with Gasteiger partial charge in [-0.3, -0.25) is 11.3 Å². The van der Waals surface area contributed by atoms with Crippen LogP contribution >= 0.6 is 0 Å². The lowest BCUT2D eigenvalue weighted by atomic mass is 10.1. The monoisotopic (exact) mass is 256 g/mol. The van der Waals surface area contributed by atoms with E-state index < -0.39 is 6.29 Å². The molecule has 0 fully saturated rings. The highest BCUT2D eigenvalue weighted by molar-refractivity contribution is 5.17. The molecule has 18 heavy (non-hydrogen) atoms. The molecule has 0 heterocycles. The zero-order valence-electron chi connectivity index (χ0n) is 10.9. The minimum Gasteiger partial charge on any atom is -0.351 e. The molecule has 0 saturated carbocycles. The number of ether oxygens (including phenoxy) is 2. The maximum Gasteiger partial charge on any atom is 0.174 e. The van der Waals surface area contributed by atoms with Gasteiger partial charge >= 0.3 is 0 Å². The Kier molecular flexibility index (Phi) is 6.82. The van der Waals surface area contributed by atoms with E-state index in [-0.39, 0.29) is 11.9 Å². The van der Waals surface area contributed by atoms with Crippen molar-refractivity contribution in [3.8, 4) is 0 Å². The van der Waals surface area contributed by atoms with E-state index in [9.17, 15) is 4.39 Å².